The molecule has 2 aromatic rings. The van der Waals surface area contributed by atoms with E-state index in [1.54, 1.807) is 36.7 Å². The first-order valence-corrected chi connectivity index (χ1v) is 9.53. The summed E-state index contributed by atoms with van der Waals surface area (Å²) in [4.78, 5) is 30.7. The molecule has 3 rings (SSSR count). The van der Waals surface area contributed by atoms with Crippen LogP contribution >= 0.6 is 11.6 Å². The summed E-state index contributed by atoms with van der Waals surface area (Å²) in [6.07, 6.45) is 3.50. The Balaban J connectivity index is 1.55. The Hall–Kier alpha value is -2.48. The summed E-state index contributed by atoms with van der Waals surface area (Å²) in [7, 11) is 0. The maximum Gasteiger partial charge on any atom is 0.309 e. The molecule has 1 saturated heterocycles. The lowest BCUT2D eigenvalue weighted by atomic mass is 10.1. The second-order valence-electron chi connectivity index (χ2n) is 6.47. The molecule has 1 aromatic heterocycles. The Morgan fingerprint density at radius 3 is 2.50 bits per heavy atom. The normalized spacial score (nSPS) is 15.6. The lowest BCUT2D eigenvalue weighted by Gasteiger charge is -2.34. The Morgan fingerprint density at radius 2 is 1.82 bits per heavy atom. The van der Waals surface area contributed by atoms with Gasteiger partial charge in [0.25, 0.3) is 0 Å². The van der Waals surface area contributed by atoms with Gasteiger partial charge in [0.15, 0.2) is 0 Å². The third-order valence-corrected chi connectivity index (χ3v) is 4.84. The van der Waals surface area contributed by atoms with Crippen LogP contribution < -0.4 is 10.6 Å². The van der Waals surface area contributed by atoms with Crippen LogP contribution in [0.4, 0.5) is 0 Å². The van der Waals surface area contributed by atoms with Crippen LogP contribution in [0, 0.1) is 0 Å². The minimum Gasteiger partial charge on any atom is -0.379 e. The number of morpholine rings is 1. The molecule has 7 nitrogen and oxygen atoms in total. The largest absolute Gasteiger partial charge is 0.379 e. The average molecular weight is 403 g/mol. The SMILES string of the molecule is O=C(NCc1ccc(Cl)cc1)C(=O)NCC(c1cccnc1)N1CCOCC1. The fraction of sp³-hybridized carbons (Fsp3) is 0.350. The molecular formula is C20H23ClN4O3. The molecular weight excluding hydrogens is 380 g/mol. The number of nitrogens with zero attached hydrogens (tertiary/aromatic N) is 2. The molecule has 0 radical (unpaired) electrons. The van der Waals surface area contributed by atoms with Crippen LogP contribution in [0.25, 0.3) is 0 Å². The Labute approximate surface area is 169 Å². The van der Waals surface area contributed by atoms with Gasteiger partial charge >= 0.3 is 11.8 Å². The number of amides is 2. The van der Waals surface area contributed by atoms with Crippen LogP contribution in [0.2, 0.25) is 5.02 Å². The standard InChI is InChI=1S/C20H23ClN4O3/c21-17-5-3-15(4-6-17)12-23-19(26)20(27)24-14-18(16-2-1-7-22-13-16)25-8-10-28-11-9-25/h1-7,13,18H,8-12,14H2,(H,23,26)(H,24,27). The fourth-order valence-electron chi connectivity index (χ4n) is 3.05. The molecule has 28 heavy (non-hydrogen) atoms. The molecule has 1 aromatic carbocycles. The molecule has 2 amide bonds. The van der Waals surface area contributed by atoms with Crippen LogP contribution in [0.15, 0.2) is 48.8 Å². The zero-order valence-electron chi connectivity index (χ0n) is 15.4. The lowest BCUT2D eigenvalue weighted by molar-refractivity contribution is -0.139. The summed E-state index contributed by atoms with van der Waals surface area (Å²) < 4.78 is 5.41. The van der Waals surface area contributed by atoms with E-state index in [-0.39, 0.29) is 12.6 Å². The number of halogens is 1. The van der Waals surface area contributed by atoms with Gasteiger partial charge in [0.05, 0.1) is 19.3 Å². The molecule has 2 heterocycles. The molecule has 8 heteroatoms. The van der Waals surface area contributed by atoms with E-state index in [0.29, 0.717) is 24.8 Å². The molecule has 1 fully saturated rings. The van der Waals surface area contributed by atoms with Crippen LogP contribution in [0.1, 0.15) is 17.2 Å². The molecule has 1 aliphatic heterocycles. The number of carbonyl (C=O) groups excluding carboxylic acids is 2. The molecule has 0 spiro atoms. The van der Waals surface area contributed by atoms with Crippen molar-refractivity contribution in [2.45, 2.75) is 12.6 Å². The van der Waals surface area contributed by atoms with Crippen molar-refractivity contribution in [1.29, 1.82) is 0 Å². The predicted molar refractivity (Wildman–Crippen MR) is 106 cm³/mol. The van der Waals surface area contributed by atoms with Gasteiger partial charge in [0.1, 0.15) is 0 Å². The summed E-state index contributed by atoms with van der Waals surface area (Å²) in [6, 6.07) is 10.9. The van der Waals surface area contributed by atoms with Gasteiger partial charge in [-0.15, -0.1) is 0 Å². The average Bonchev–Trinajstić information content (AvgIpc) is 2.74. The number of aromatic nitrogens is 1. The van der Waals surface area contributed by atoms with Gasteiger partial charge in [0, 0.05) is 43.6 Å². The first kappa shape index (κ1) is 20.3. The van der Waals surface area contributed by atoms with E-state index >= 15 is 0 Å². The second-order valence-corrected chi connectivity index (χ2v) is 6.91. The zero-order chi connectivity index (χ0) is 19.8. The van der Waals surface area contributed by atoms with E-state index in [1.165, 1.54) is 0 Å². The Bertz CT molecular complexity index is 780. The highest BCUT2D eigenvalue weighted by Crippen LogP contribution is 2.20. The Kier molecular flexibility index (Phi) is 7.36. The smallest absolute Gasteiger partial charge is 0.309 e. The van der Waals surface area contributed by atoms with Crippen molar-refractivity contribution in [3.05, 3.63) is 64.9 Å². The highest BCUT2D eigenvalue weighted by Gasteiger charge is 2.24. The van der Waals surface area contributed by atoms with Gasteiger partial charge in [-0.25, -0.2) is 0 Å². The number of hydrogen-bond acceptors (Lipinski definition) is 5. The first-order chi connectivity index (χ1) is 13.6. The molecule has 0 aliphatic carbocycles. The minimum absolute atomic E-state index is 0.0642. The van der Waals surface area contributed by atoms with Crippen LogP contribution in [-0.4, -0.2) is 54.5 Å². The zero-order valence-corrected chi connectivity index (χ0v) is 16.2. The molecule has 0 bridgehead atoms. The van der Waals surface area contributed by atoms with Gasteiger partial charge in [-0.3, -0.25) is 19.5 Å². The van der Waals surface area contributed by atoms with Gasteiger partial charge < -0.3 is 15.4 Å². The molecule has 0 saturated carbocycles. The maximum atomic E-state index is 12.2. The van der Waals surface area contributed by atoms with E-state index in [1.807, 2.05) is 12.1 Å². The molecule has 1 unspecified atom stereocenters. The first-order valence-electron chi connectivity index (χ1n) is 9.15. The summed E-state index contributed by atoms with van der Waals surface area (Å²) in [5.41, 5.74) is 1.86. The van der Waals surface area contributed by atoms with E-state index in [4.69, 9.17) is 16.3 Å². The Morgan fingerprint density at radius 1 is 1.11 bits per heavy atom. The number of hydrogen-bond donors (Lipinski definition) is 2. The lowest BCUT2D eigenvalue weighted by Crippen LogP contribution is -2.46. The topological polar surface area (TPSA) is 83.6 Å². The van der Waals surface area contributed by atoms with Crippen molar-refractivity contribution in [1.82, 2.24) is 20.5 Å². The predicted octanol–water partition coefficient (Wildman–Crippen LogP) is 1.54. The number of rotatable bonds is 6. The van der Waals surface area contributed by atoms with Crippen molar-refractivity contribution in [2.75, 3.05) is 32.8 Å². The van der Waals surface area contributed by atoms with Crippen molar-refractivity contribution in [3.63, 3.8) is 0 Å². The number of nitrogens with one attached hydrogen (secondary N) is 2. The van der Waals surface area contributed by atoms with E-state index < -0.39 is 11.8 Å². The number of carbonyl (C=O) groups is 2. The number of pyridine rings is 1. The number of ether oxygens (including phenoxy) is 1. The summed E-state index contributed by atoms with van der Waals surface area (Å²) in [5, 5.41) is 5.99. The monoisotopic (exact) mass is 402 g/mol. The third kappa shape index (κ3) is 5.76. The van der Waals surface area contributed by atoms with Gasteiger partial charge in [-0.1, -0.05) is 29.8 Å². The van der Waals surface area contributed by atoms with Crippen molar-refractivity contribution < 1.29 is 14.3 Å². The summed E-state index contributed by atoms with van der Waals surface area (Å²) in [5.74, 6) is -1.32. The molecule has 1 atom stereocenters. The van der Waals surface area contributed by atoms with Crippen LogP contribution in [0.3, 0.4) is 0 Å². The third-order valence-electron chi connectivity index (χ3n) is 4.58. The van der Waals surface area contributed by atoms with Crippen LogP contribution in [-0.2, 0) is 20.9 Å². The highest BCUT2D eigenvalue weighted by atomic mass is 35.5. The number of benzene rings is 1. The summed E-state index contributed by atoms with van der Waals surface area (Å²) in [6.45, 7) is 3.40. The van der Waals surface area contributed by atoms with Gasteiger partial charge in [-0.2, -0.15) is 0 Å². The molecule has 1 aliphatic rings. The van der Waals surface area contributed by atoms with E-state index in [0.717, 1.165) is 24.2 Å². The maximum absolute atomic E-state index is 12.2. The molecule has 2 N–H and O–H groups in total. The van der Waals surface area contributed by atoms with Crippen molar-refractivity contribution in [3.8, 4) is 0 Å². The summed E-state index contributed by atoms with van der Waals surface area (Å²) >= 11 is 5.84. The van der Waals surface area contributed by atoms with Gasteiger partial charge in [-0.05, 0) is 29.3 Å². The minimum atomic E-state index is -0.665. The van der Waals surface area contributed by atoms with Crippen LogP contribution in [0.5, 0.6) is 0 Å². The quantitative estimate of drug-likeness (QED) is 0.716. The van der Waals surface area contributed by atoms with E-state index in [9.17, 15) is 9.59 Å². The van der Waals surface area contributed by atoms with Gasteiger partial charge in [0.2, 0.25) is 0 Å². The van der Waals surface area contributed by atoms with Crippen molar-refractivity contribution in [2.24, 2.45) is 0 Å². The molecule has 148 valence electrons. The second kappa shape index (κ2) is 10.2. The van der Waals surface area contributed by atoms with E-state index in [2.05, 4.69) is 20.5 Å². The van der Waals surface area contributed by atoms with Crippen molar-refractivity contribution >= 4 is 23.4 Å². The highest BCUT2D eigenvalue weighted by molar-refractivity contribution is 6.35. The fourth-order valence-corrected chi connectivity index (χ4v) is 3.18.